The van der Waals surface area contributed by atoms with E-state index in [2.05, 4.69) is 46.5 Å². The maximum atomic E-state index is 12.8. The number of hydrogen-bond acceptors (Lipinski definition) is 4. The lowest BCUT2D eigenvalue weighted by molar-refractivity contribution is -0.132. The number of amides is 2. The molecule has 2 unspecified atom stereocenters. The average molecular weight is 405 g/mol. The number of rotatable bonds is 6. The first kappa shape index (κ1) is 20.3. The molecule has 2 amide bonds. The van der Waals surface area contributed by atoms with Gasteiger partial charge in [0.15, 0.2) is 0 Å². The highest BCUT2D eigenvalue weighted by Crippen LogP contribution is 2.24. The molecule has 1 fully saturated rings. The van der Waals surface area contributed by atoms with Gasteiger partial charge in [0, 0.05) is 38.0 Å². The summed E-state index contributed by atoms with van der Waals surface area (Å²) in [7, 11) is 0. The molecule has 0 bridgehead atoms. The number of carbonyl (C=O) groups is 2. The van der Waals surface area contributed by atoms with Gasteiger partial charge in [0.1, 0.15) is 5.71 Å². The fraction of sp³-hybridized carbons (Fsp3) is 0.375. The highest BCUT2D eigenvalue weighted by molar-refractivity contribution is 6.39. The number of hydrazone groups is 1. The van der Waals surface area contributed by atoms with Crippen molar-refractivity contribution in [2.24, 2.45) is 5.10 Å². The Kier molecular flexibility index (Phi) is 6.23. The Labute approximate surface area is 177 Å². The molecule has 0 spiro atoms. The van der Waals surface area contributed by atoms with Crippen LogP contribution in [0.5, 0.6) is 0 Å². The van der Waals surface area contributed by atoms with Crippen molar-refractivity contribution in [2.75, 3.05) is 13.1 Å². The van der Waals surface area contributed by atoms with Gasteiger partial charge in [-0.2, -0.15) is 5.10 Å². The summed E-state index contributed by atoms with van der Waals surface area (Å²) in [5.41, 5.74) is 2.73. The predicted octanol–water partition coefficient (Wildman–Crippen LogP) is 3.12. The van der Waals surface area contributed by atoms with Crippen LogP contribution in [0.3, 0.4) is 0 Å². The molecule has 1 N–H and O–H groups in total. The zero-order valence-corrected chi connectivity index (χ0v) is 17.3. The van der Waals surface area contributed by atoms with Crippen LogP contribution in [0.4, 0.5) is 0 Å². The molecule has 2 aliphatic heterocycles. The summed E-state index contributed by atoms with van der Waals surface area (Å²) < 4.78 is 0. The minimum atomic E-state index is -0.153. The third kappa shape index (κ3) is 4.76. The molecule has 6 nitrogen and oxygen atoms in total. The molecule has 6 heteroatoms. The van der Waals surface area contributed by atoms with E-state index >= 15 is 0 Å². The lowest BCUT2D eigenvalue weighted by atomic mass is 10.1. The Morgan fingerprint density at radius 1 is 1.10 bits per heavy atom. The van der Waals surface area contributed by atoms with Crippen molar-refractivity contribution >= 4 is 17.5 Å². The summed E-state index contributed by atoms with van der Waals surface area (Å²) in [6, 6.07) is 20.6. The van der Waals surface area contributed by atoms with Crippen molar-refractivity contribution in [1.29, 1.82) is 0 Å². The van der Waals surface area contributed by atoms with Crippen LogP contribution < -0.4 is 5.32 Å². The van der Waals surface area contributed by atoms with Crippen LogP contribution in [0, 0.1) is 0 Å². The van der Waals surface area contributed by atoms with Crippen molar-refractivity contribution in [3.63, 3.8) is 0 Å². The average Bonchev–Trinajstić information content (AvgIpc) is 3.24. The fourth-order valence-electron chi connectivity index (χ4n) is 4.11. The fourth-order valence-corrected chi connectivity index (χ4v) is 4.11. The first-order chi connectivity index (χ1) is 14.6. The van der Waals surface area contributed by atoms with E-state index in [0.717, 1.165) is 25.1 Å². The van der Waals surface area contributed by atoms with Crippen LogP contribution in [0.25, 0.3) is 0 Å². The molecule has 0 aromatic heterocycles. The first-order valence-electron chi connectivity index (χ1n) is 10.6. The van der Waals surface area contributed by atoms with Crippen molar-refractivity contribution in [2.45, 2.75) is 44.8 Å². The summed E-state index contributed by atoms with van der Waals surface area (Å²) >= 11 is 0. The molecule has 0 aliphatic carbocycles. The molecule has 2 aromatic rings. The largest absolute Gasteiger partial charge is 0.347 e. The zero-order valence-electron chi connectivity index (χ0n) is 17.3. The Balaban J connectivity index is 1.35. The normalized spacial score (nSPS) is 20.7. The van der Waals surface area contributed by atoms with Crippen molar-refractivity contribution < 1.29 is 9.59 Å². The van der Waals surface area contributed by atoms with Gasteiger partial charge < -0.3 is 5.32 Å². The van der Waals surface area contributed by atoms with Gasteiger partial charge in [-0.05, 0) is 24.5 Å². The summed E-state index contributed by atoms with van der Waals surface area (Å²) in [5, 5.41) is 8.93. The highest BCUT2D eigenvalue weighted by Gasteiger charge is 2.30. The van der Waals surface area contributed by atoms with Crippen molar-refractivity contribution in [1.82, 2.24) is 15.2 Å². The standard InChI is InChI=1S/C24H28N4O2/c1-18(20-10-6-3-7-11-20)27-15-14-21(17-27)25-24(30)22-12-13-23(29)28(26-22)16-19-8-4-2-5-9-19/h2-11,18,21H,12-17H2,1H3,(H,25,30). The zero-order chi connectivity index (χ0) is 20.9. The van der Waals surface area contributed by atoms with Crippen LogP contribution >= 0.6 is 0 Å². The van der Waals surface area contributed by atoms with E-state index in [9.17, 15) is 9.59 Å². The van der Waals surface area contributed by atoms with Gasteiger partial charge in [-0.15, -0.1) is 0 Å². The summed E-state index contributed by atoms with van der Waals surface area (Å²) in [4.78, 5) is 27.4. The van der Waals surface area contributed by atoms with Gasteiger partial charge in [-0.1, -0.05) is 60.7 Å². The minimum Gasteiger partial charge on any atom is -0.347 e. The minimum absolute atomic E-state index is 0.0425. The Morgan fingerprint density at radius 3 is 2.53 bits per heavy atom. The van der Waals surface area contributed by atoms with Crippen LogP contribution in [-0.2, 0) is 16.1 Å². The monoisotopic (exact) mass is 404 g/mol. The second-order valence-corrected chi connectivity index (χ2v) is 8.02. The molecule has 2 heterocycles. The quantitative estimate of drug-likeness (QED) is 0.805. The maximum Gasteiger partial charge on any atom is 0.267 e. The highest BCUT2D eigenvalue weighted by atomic mass is 16.2. The molecule has 156 valence electrons. The number of benzene rings is 2. The third-order valence-corrected chi connectivity index (χ3v) is 5.93. The third-order valence-electron chi connectivity index (χ3n) is 5.93. The second kappa shape index (κ2) is 9.22. The lowest BCUT2D eigenvalue weighted by Crippen LogP contribution is -2.44. The van der Waals surface area contributed by atoms with Gasteiger partial charge in [0.2, 0.25) is 5.91 Å². The van der Waals surface area contributed by atoms with Gasteiger partial charge in [0.05, 0.1) is 6.54 Å². The Hall–Kier alpha value is -2.99. The van der Waals surface area contributed by atoms with Gasteiger partial charge in [0.25, 0.3) is 5.91 Å². The second-order valence-electron chi connectivity index (χ2n) is 8.02. The van der Waals surface area contributed by atoms with E-state index in [1.807, 2.05) is 36.4 Å². The van der Waals surface area contributed by atoms with Crippen LogP contribution in [0.2, 0.25) is 0 Å². The predicted molar refractivity (Wildman–Crippen MR) is 117 cm³/mol. The SMILES string of the molecule is CC(c1ccccc1)N1CCC(NC(=O)C2=NN(Cc3ccccc3)C(=O)CC2)C1. The molecular weight excluding hydrogens is 376 g/mol. The Bertz CT molecular complexity index is 913. The maximum absolute atomic E-state index is 12.8. The van der Waals surface area contributed by atoms with E-state index in [4.69, 9.17) is 0 Å². The molecule has 0 saturated carbocycles. The molecule has 30 heavy (non-hydrogen) atoms. The topological polar surface area (TPSA) is 65.0 Å². The number of hydrogen-bond donors (Lipinski definition) is 1. The number of likely N-dealkylation sites (tertiary alicyclic amines) is 1. The van der Waals surface area contributed by atoms with Crippen LogP contribution in [0.15, 0.2) is 65.8 Å². The lowest BCUT2D eigenvalue weighted by Gasteiger charge is -2.25. The van der Waals surface area contributed by atoms with Crippen LogP contribution in [0.1, 0.15) is 43.4 Å². The number of carbonyl (C=O) groups excluding carboxylic acids is 2. The summed E-state index contributed by atoms with van der Waals surface area (Å²) in [5.74, 6) is -0.195. The smallest absolute Gasteiger partial charge is 0.267 e. The van der Waals surface area contributed by atoms with Crippen molar-refractivity contribution in [3.05, 3.63) is 71.8 Å². The van der Waals surface area contributed by atoms with E-state index in [-0.39, 0.29) is 17.9 Å². The molecule has 4 rings (SSSR count). The van der Waals surface area contributed by atoms with Crippen LogP contribution in [-0.4, -0.2) is 46.6 Å². The van der Waals surface area contributed by atoms with Crippen molar-refractivity contribution in [3.8, 4) is 0 Å². The molecule has 0 radical (unpaired) electrons. The van der Waals surface area contributed by atoms with Gasteiger partial charge in [-0.3, -0.25) is 14.5 Å². The van der Waals surface area contributed by atoms with Gasteiger partial charge >= 0.3 is 0 Å². The van der Waals surface area contributed by atoms with E-state index in [1.165, 1.54) is 10.6 Å². The number of nitrogens with one attached hydrogen (secondary N) is 1. The molecular formula is C24H28N4O2. The molecule has 1 saturated heterocycles. The summed E-state index contributed by atoms with van der Waals surface area (Å²) in [6.45, 7) is 4.37. The summed E-state index contributed by atoms with van der Waals surface area (Å²) in [6.07, 6.45) is 1.64. The van der Waals surface area contributed by atoms with Gasteiger partial charge in [-0.25, -0.2) is 5.01 Å². The molecule has 2 aliphatic rings. The number of nitrogens with zero attached hydrogens (tertiary/aromatic N) is 3. The van der Waals surface area contributed by atoms with E-state index < -0.39 is 0 Å². The van der Waals surface area contributed by atoms with E-state index in [1.54, 1.807) is 0 Å². The molecule has 2 atom stereocenters. The first-order valence-corrected chi connectivity index (χ1v) is 10.6. The Morgan fingerprint density at radius 2 is 1.80 bits per heavy atom. The molecule has 2 aromatic carbocycles. The van der Waals surface area contributed by atoms with E-state index in [0.29, 0.717) is 31.1 Å².